The van der Waals surface area contributed by atoms with Crippen LogP contribution in [0, 0.1) is 5.92 Å². The first-order valence-corrected chi connectivity index (χ1v) is 7.24. The summed E-state index contributed by atoms with van der Waals surface area (Å²) in [4.78, 5) is 0. The molecule has 0 aromatic carbocycles. The van der Waals surface area contributed by atoms with Gasteiger partial charge >= 0.3 is 0 Å². The minimum atomic E-state index is 0.490. The largest absolute Gasteiger partial charge is 0.315 e. The minimum Gasteiger partial charge on any atom is -0.315 e. The van der Waals surface area contributed by atoms with Crippen LogP contribution in [0.4, 0.5) is 0 Å². The zero-order valence-corrected chi connectivity index (χ0v) is 10.8. The third-order valence-electron chi connectivity index (χ3n) is 3.83. The maximum absolute atomic E-state index is 3.66. The molecule has 0 atom stereocenters. The van der Waals surface area contributed by atoms with Gasteiger partial charge in [-0.1, -0.05) is 20.3 Å². The van der Waals surface area contributed by atoms with Crippen LogP contribution in [0.25, 0.3) is 0 Å². The number of thioether (sulfide) groups is 1. The van der Waals surface area contributed by atoms with Gasteiger partial charge in [-0.05, 0) is 44.4 Å². The van der Waals surface area contributed by atoms with Crippen LogP contribution in [0.3, 0.4) is 0 Å². The highest BCUT2D eigenvalue weighted by atomic mass is 32.2. The van der Waals surface area contributed by atoms with Gasteiger partial charge in [0.15, 0.2) is 0 Å². The van der Waals surface area contributed by atoms with Crippen molar-refractivity contribution in [2.24, 2.45) is 5.92 Å². The lowest BCUT2D eigenvalue weighted by molar-refractivity contribution is 0.296. The Bertz CT molecular complexity index is 142. The standard InChI is InChI=1S/C12H25NS/c1-4-12(5-2,14-3)10-13-9-11-7-6-8-11/h11,13H,4-10H2,1-3H3. The molecule has 0 amide bonds. The van der Waals surface area contributed by atoms with E-state index >= 15 is 0 Å². The summed E-state index contributed by atoms with van der Waals surface area (Å²) in [5, 5.41) is 3.66. The van der Waals surface area contributed by atoms with Crippen molar-refractivity contribution >= 4 is 11.8 Å². The summed E-state index contributed by atoms with van der Waals surface area (Å²) in [7, 11) is 0. The summed E-state index contributed by atoms with van der Waals surface area (Å²) in [6, 6.07) is 0. The Kier molecular flexibility index (Phi) is 5.32. The minimum absolute atomic E-state index is 0.490. The summed E-state index contributed by atoms with van der Waals surface area (Å²) in [6.07, 6.45) is 9.18. The molecule has 0 bridgehead atoms. The van der Waals surface area contributed by atoms with E-state index in [2.05, 4.69) is 25.4 Å². The zero-order chi connectivity index (χ0) is 10.4. The molecular weight excluding hydrogens is 190 g/mol. The summed E-state index contributed by atoms with van der Waals surface area (Å²) in [6.45, 7) is 7.07. The molecule has 0 unspecified atom stereocenters. The first-order chi connectivity index (χ1) is 6.76. The number of hydrogen-bond acceptors (Lipinski definition) is 2. The lowest BCUT2D eigenvalue weighted by atomic mass is 9.85. The predicted octanol–water partition coefficient (Wildman–Crippen LogP) is 3.30. The third kappa shape index (κ3) is 3.16. The first kappa shape index (κ1) is 12.4. The molecule has 0 heterocycles. The average molecular weight is 215 g/mol. The van der Waals surface area contributed by atoms with E-state index in [-0.39, 0.29) is 0 Å². The van der Waals surface area contributed by atoms with Crippen LogP contribution >= 0.6 is 11.8 Å². The molecule has 0 radical (unpaired) electrons. The van der Waals surface area contributed by atoms with E-state index in [0.717, 1.165) is 5.92 Å². The van der Waals surface area contributed by atoms with Crippen LogP contribution in [0.5, 0.6) is 0 Å². The summed E-state index contributed by atoms with van der Waals surface area (Å²) in [5.74, 6) is 0.989. The zero-order valence-electron chi connectivity index (χ0n) is 9.94. The topological polar surface area (TPSA) is 12.0 Å². The lowest BCUT2D eigenvalue weighted by Crippen LogP contribution is -2.39. The first-order valence-electron chi connectivity index (χ1n) is 6.02. The van der Waals surface area contributed by atoms with E-state index in [0.29, 0.717) is 4.75 Å². The molecule has 1 N–H and O–H groups in total. The molecule has 1 fully saturated rings. The van der Waals surface area contributed by atoms with Gasteiger partial charge in [0.25, 0.3) is 0 Å². The van der Waals surface area contributed by atoms with Crippen molar-refractivity contribution in [2.45, 2.75) is 50.7 Å². The average Bonchev–Trinajstić information content (AvgIpc) is 2.17. The van der Waals surface area contributed by atoms with Gasteiger partial charge in [0, 0.05) is 11.3 Å². The molecule has 14 heavy (non-hydrogen) atoms. The number of hydrogen-bond donors (Lipinski definition) is 1. The lowest BCUT2D eigenvalue weighted by Gasteiger charge is -2.32. The van der Waals surface area contributed by atoms with Gasteiger partial charge in [0.2, 0.25) is 0 Å². The van der Waals surface area contributed by atoms with Crippen molar-refractivity contribution in [3.05, 3.63) is 0 Å². The van der Waals surface area contributed by atoms with Gasteiger partial charge in [-0.3, -0.25) is 0 Å². The fourth-order valence-corrected chi connectivity index (χ4v) is 2.89. The van der Waals surface area contributed by atoms with E-state index in [9.17, 15) is 0 Å². The van der Waals surface area contributed by atoms with Gasteiger partial charge in [-0.25, -0.2) is 0 Å². The fourth-order valence-electron chi connectivity index (χ4n) is 2.06. The molecule has 1 rings (SSSR count). The van der Waals surface area contributed by atoms with Crippen molar-refractivity contribution in [1.29, 1.82) is 0 Å². The van der Waals surface area contributed by atoms with E-state index in [1.807, 2.05) is 11.8 Å². The Morgan fingerprint density at radius 2 is 1.93 bits per heavy atom. The highest BCUT2D eigenvalue weighted by Crippen LogP contribution is 2.30. The van der Waals surface area contributed by atoms with Gasteiger partial charge in [-0.2, -0.15) is 11.8 Å². The molecule has 0 aromatic heterocycles. The summed E-state index contributed by atoms with van der Waals surface area (Å²) < 4.78 is 0.490. The van der Waals surface area contributed by atoms with Crippen LogP contribution in [0.15, 0.2) is 0 Å². The molecule has 1 aliphatic rings. The Balaban J connectivity index is 2.17. The Hall–Kier alpha value is 0.310. The smallest absolute Gasteiger partial charge is 0.0276 e. The van der Waals surface area contributed by atoms with Crippen LogP contribution in [0.2, 0.25) is 0 Å². The summed E-state index contributed by atoms with van der Waals surface area (Å²) >= 11 is 2.03. The molecule has 1 saturated carbocycles. The second-order valence-electron chi connectivity index (χ2n) is 4.52. The van der Waals surface area contributed by atoms with Crippen molar-refractivity contribution in [2.75, 3.05) is 19.3 Å². The molecule has 0 spiro atoms. The molecule has 0 saturated heterocycles. The maximum atomic E-state index is 3.66. The van der Waals surface area contributed by atoms with Gasteiger partial charge < -0.3 is 5.32 Å². The maximum Gasteiger partial charge on any atom is 0.0276 e. The van der Waals surface area contributed by atoms with Crippen LogP contribution in [-0.4, -0.2) is 24.1 Å². The van der Waals surface area contributed by atoms with E-state index in [4.69, 9.17) is 0 Å². The second-order valence-corrected chi connectivity index (χ2v) is 5.80. The molecule has 1 nitrogen and oxygen atoms in total. The molecular formula is C12H25NS. The molecule has 1 aliphatic carbocycles. The molecule has 84 valence electrons. The monoisotopic (exact) mass is 215 g/mol. The van der Waals surface area contributed by atoms with Crippen molar-refractivity contribution in [3.63, 3.8) is 0 Å². The molecule has 2 heteroatoms. The van der Waals surface area contributed by atoms with Crippen LogP contribution < -0.4 is 5.32 Å². The Labute approximate surface area is 93.4 Å². The van der Waals surface area contributed by atoms with Crippen LogP contribution in [0.1, 0.15) is 46.0 Å². The normalized spacial score (nSPS) is 18.2. The fraction of sp³-hybridized carbons (Fsp3) is 1.00. The van der Waals surface area contributed by atoms with E-state index in [1.165, 1.54) is 45.2 Å². The van der Waals surface area contributed by atoms with Gasteiger partial charge in [0.05, 0.1) is 0 Å². The van der Waals surface area contributed by atoms with Gasteiger partial charge in [-0.15, -0.1) is 0 Å². The Morgan fingerprint density at radius 1 is 1.29 bits per heavy atom. The highest BCUT2D eigenvalue weighted by Gasteiger charge is 2.25. The van der Waals surface area contributed by atoms with E-state index < -0.39 is 0 Å². The molecule has 0 aliphatic heterocycles. The highest BCUT2D eigenvalue weighted by molar-refractivity contribution is 8.00. The van der Waals surface area contributed by atoms with Crippen molar-refractivity contribution < 1.29 is 0 Å². The third-order valence-corrected chi connectivity index (χ3v) is 5.41. The Morgan fingerprint density at radius 3 is 2.29 bits per heavy atom. The predicted molar refractivity (Wildman–Crippen MR) is 67.0 cm³/mol. The summed E-state index contributed by atoms with van der Waals surface area (Å²) in [5.41, 5.74) is 0. The quantitative estimate of drug-likeness (QED) is 0.699. The van der Waals surface area contributed by atoms with Crippen molar-refractivity contribution in [1.82, 2.24) is 5.32 Å². The van der Waals surface area contributed by atoms with Crippen molar-refractivity contribution in [3.8, 4) is 0 Å². The number of rotatable bonds is 7. The van der Waals surface area contributed by atoms with Gasteiger partial charge in [0.1, 0.15) is 0 Å². The SMILES string of the molecule is CCC(CC)(CNCC1CCC1)SC. The molecule has 0 aromatic rings. The van der Waals surface area contributed by atoms with Crippen LogP contribution in [-0.2, 0) is 0 Å². The number of nitrogens with one attached hydrogen (secondary N) is 1. The second kappa shape index (κ2) is 6.02. The van der Waals surface area contributed by atoms with E-state index in [1.54, 1.807) is 0 Å².